The molecule has 1 aromatic heterocycles. The van der Waals surface area contributed by atoms with Crippen molar-refractivity contribution in [2.45, 2.75) is 0 Å². The number of benzene rings is 1. The Hall–Kier alpha value is -2.32. The predicted octanol–water partition coefficient (Wildman–Crippen LogP) is 1.71. The average Bonchev–Trinajstić information content (AvgIpc) is 2.28. The van der Waals surface area contributed by atoms with E-state index in [1.54, 1.807) is 18.2 Å². The quantitative estimate of drug-likeness (QED) is 0.517. The van der Waals surface area contributed by atoms with Crippen LogP contribution in [-0.2, 0) is 4.79 Å². The molecule has 0 bridgehead atoms. The minimum Gasteiger partial charge on any atom is -0.266 e. The first kappa shape index (κ1) is 9.24. The van der Waals surface area contributed by atoms with Crippen LogP contribution in [0.5, 0.6) is 0 Å². The first-order valence-electron chi connectivity index (χ1n) is 4.29. The molecule has 2 aromatic rings. The van der Waals surface area contributed by atoms with E-state index in [1.807, 2.05) is 6.07 Å². The van der Waals surface area contributed by atoms with Gasteiger partial charge in [0.2, 0.25) is 6.08 Å². The summed E-state index contributed by atoms with van der Waals surface area (Å²) in [4.78, 5) is 28.6. The van der Waals surface area contributed by atoms with Crippen molar-refractivity contribution in [3.63, 3.8) is 0 Å². The van der Waals surface area contributed by atoms with Gasteiger partial charge in [-0.15, -0.1) is 4.99 Å². The summed E-state index contributed by atoms with van der Waals surface area (Å²) in [6.07, 6.45) is 2.75. The summed E-state index contributed by atoms with van der Waals surface area (Å²) in [5, 5.41) is 0.684. The van der Waals surface area contributed by atoms with Gasteiger partial charge in [0.15, 0.2) is 0 Å². The highest BCUT2D eigenvalue weighted by Crippen LogP contribution is 2.16. The van der Waals surface area contributed by atoms with E-state index < -0.39 is 5.91 Å². The Bertz CT molecular complexity index is 566. The topological polar surface area (TPSA) is 59.4 Å². The van der Waals surface area contributed by atoms with Crippen LogP contribution in [-0.4, -0.2) is 17.0 Å². The van der Waals surface area contributed by atoms with Crippen LogP contribution in [0.4, 0.5) is 0 Å². The normalized spacial score (nSPS) is 9.60. The molecule has 0 saturated heterocycles. The van der Waals surface area contributed by atoms with Gasteiger partial charge in [-0.3, -0.25) is 9.78 Å². The molecule has 0 unspecified atom stereocenters. The Morgan fingerprint density at radius 1 is 1.27 bits per heavy atom. The lowest BCUT2D eigenvalue weighted by Gasteiger charge is -1.99. The molecule has 1 amide bonds. The molecule has 0 aliphatic heterocycles. The maximum atomic E-state index is 11.4. The summed E-state index contributed by atoms with van der Waals surface area (Å²) in [7, 11) is 0. The number of amides is 1. The first-order valence-corrected chi connectivity index (χ1v) is 4.29. The summed E-state index contributed by atoms with van der Waals surface area (Å²) < 4.78 is 0. The lowest BCUT2D eigenvalue weighted by atomic mass is 10.1. The fourth-order valence-corrected chi connectivity index (χ4v) is 1.38. The van der Waals surface area contributed by atoms with E-state index in [4.69, 9.17) is 0 Å². The zero-order chi connectivity index (χ0) is 10.7. The molecule has 4 nitrogen and oxygen atoms in total. The van der Waals surface area contributed by atoms with Crippen molar-refractivity contribution in [2.24, 2.45) is 4.99 Å². The Balaban J connectivity index is 2.71. The summed E-state index contributed by atoms with van der Waals surface area (Å²) in [5.41, 5.74) is 1.06. The van der Waals surface area contributed by atoms with Crippen molar-refractivity contribution < 1.29 is 9.59 Å². The summed E-state index contributed by atoms with van der Waals surface area (Å²) in [5.74, 6) is -0.594. The SMILES string of the molecule is O=C=NC(=O)c1ccnc2ccccc12. The van der Waals surface area contributed by atoms with Crippen molar-refractivity contribution in [1.82, 2.24) is 4.98 Å². The molecule has 0 fully saturated rings. The van der Waals surface area contributed by atoms with Crippen molar-refractivity contribution in [3.8, 4) is 0 Å². The third-order valence-electron chi connectivity index (χ3n) is 2.03. The highest BCUT2D eigenvalue weighted by Gasteiger charge is 2.08. The molecule has 2 rings (SSSR count). The molecule has 0 aliphatic carbocycles. The molecule has 1 aromatic carbocycles. The highest BCUT2D eigenvalue weighted by atomic mass is 16.2. The summed E-state index contributed by atoms with van der Waals surface area (Å²) in [6, 6.07) is 8.70. The van der Waals surface area contributed by atoms with Gasteiger partial charge in [-0.1, -0.05) is 18.2 Å². The largest absolute Gasteiger partial charge is 0.288 e. The number of pyridine rings is 1. The number of carbonyl (C=O) groups is 1. The second kappa shape index (κ2) is 3.82. The maximum Gasteiger partial charge on any atom is 0.288 e. The molecule has 72 valence electrons. The second-order valence-electron chi connectivity index (χ2n) is 2.88. The Labute approximate surface area is 85.3 Å². The molecule has 15 heavy (non-hydrogen) atoms. The van der Waals surface area contributed by atoms with Crippen LogP contribution in [0.1, 0.15) is 10.4 Å². The number of carbonyl (C=O) groups excluding carboxylic acids is 2. The van der Waals surface area contributed by atoms with Gasteiger partial charge >= 0.3 is 0 Å². The molecular weight excluding hydrogens is 192 g/mol. The van der Waals surface area contributed by atoms with Crippen LogP contribution in [0.15, 0.2) is 41.5 Å². The van der Waals surface area contributed by atoms with Crippen molar-refractivity contribution in [1.29, 1.82) is 0 Å². The number of isocyanates is 1. The third-order valence-corrected chi connectivity index (χ3v) is 2.03. The number of nitrogens with zero attached hydrogens (tertiary/aromatic N) is 2. The van der Waals surface area contributed by atoms with Gasteiger partial charge in [0.25, 0.3) is 5.91 Å². The number of hydrogen-bond donors (Lipinski definition) is 0. The van der Waals surface area contributed by atoms with E-state index in [0.29, 0.717) is 16.5 Å². The van der Waals surface area contributed by atoms with Crippen LogP contribution in [0.25, 0.3) is 10.9 Å². The van der Waals surface area contributed by atoms with Crippen LogP contribution in [0, 0.1) is 0 Å². The van der Waals surface area contributed by atoms with E-state index in [2.05, 4.69) is 9.98 Å². The number of rotatable bonds is 1. The van der Waals surface area contributed by atoms with E-state index in [9.17, 15) is 9.59 Å². The highest BCUT2D eigenvalue weighted by molar-refractivity contribution is 6.07. The summed E-state index contributed by atoms with van der Waals surface area (Å²) in [6.45, 7) is 0. The van der Waals surface area contributed by atoms with Crippen molar-refractivity contribution in [3.05, 3.63) is 42.1 Å². The monoisotopic (exact) mass is 198 g/mol. The first-order chi connectivity index (χ1) is 7.33. The van der Waals surface area contributed by atoms with E-state index in [-0.39, 0.29) is 0 Å². The molecule has 1 heterocycles. The molecule has 0 N–H and O–H groups in total. The zero-order valence-electron chi connectivity index (χ0n) is 7.68. The fraction of sp³-hybridized carbons (Fsp3) is 0. The van der Waals surface area contributed by atoms with Gasteiger partial charge < -0.3 is 0 Å². The van der Waals surface area contributed by atoms with Crippen LogP contribution < -0.4 is 0 Å². The zero-order valence-corrected chi connectivity index (χ0v) is 7.68. The predicted molar refractivity (Wildman–Crippen MR) is 54.2 cm³/mol. The molecule has 0 radical (unpaired) electrons. The maximum absolute atomic E-state index is 11.4. The minimum absolute atomic E-state index is 0.365. The number of aliphatic imine (C=N–C) groups is 1. The van der Waals surface area contributed by atoms with Crippen LogP contribution >= 0.6 is 0 Å². The molecule has 0 spiro atoms. The number of para-hydroxylation sites is 1. The van der Waals surface area contributed by atoms with Crippen LogP contribution in [0.3, 0.4) is 0 Å². The smallest absolute Gasteiger partial charge is 0.266 e. The number of hydrogen-bond acceptors (Lipinski definition) is 3. The fourth-order valence-electron chi connectivity index (χ4n) is 1.38. The molecule has 0 aliphatic rings. The van der Waals surface area contributed by atoms with Gasteiger partial charge in [-0.2, -0.15) is 0 Å². The molecule has 0 saturated carbocycles. The van der Waals surface area contributed by atoms with Gasteiger partial charge in [-0.25, -0.2) is 4.79 Å². The molecular formula is C11H6N2O2. The Morgan fingerprint density at radius 2 is 2.07 bits per heavy atom. The van der Waals surface area contributed by atoms with E-state index >= 15 is 0 Å². The Kier molecular flexibility index (Phi) is 2.35. The van der Waals surface area contributed by atoms with Crippen LogP contribution in [0.2, 0.25) is 0 Å². The molecule has 4 heteroatoms. The molecule has 0 atom stereocenters. The lowest BCUT2D eigenvalue weighted by molar-refractivity contribution is 0.100. The van der Waals surface area contributed by atoms with E-state index in [0.717, 1.165) is 0 Å². The van der Waals surface area contributed by atoms with Crippen molar-refractivity contribution in [2.75, 3.05) is 0 Å². The summed E-state index contributed by atoms with van der Waals surface area (Å²) >= 11 is 0. The number of fused-ring (bicyclic) bond motifs is 1. The standard InChI is InChI=1S/C11H6N2O2/c14-7-13-11(15)9-5-6-12-10-4-2-1-3-8(9)10/h1-6H. The van der Waals surface area contributed by atoms with Gasteiger partial charge in [0.05, 0.1) is 11.1 Å². The van der Waals surface area contributed by atoms with E-state index in [1.165, 1.54) is 18.3 Å². The Morgan fingerprint density at radius 3 is 2.87 bits per heavy atom. The lowest BCUT2D eigenvalue weighted by Crippen LogP contribution is -1.96. The van der Waals surface area contributed by atoms with Gasteiger partial charge in [0.1, 0.15) is 0 Å². The van der Waals surface area contributed by atoms with Crippen molar-refractivity contribution >= 4 is 22.9 Å². The van der Waals surface area contributed by atoms with Gasteiger partial charge in [0, 0.05) is 11.6 Å². The van der Waals surface area contributed by atoms with Gasteiger partial charge in [-0.05, 0) is 12.1 Å². The minimum atomic E-state index is -0.594. The second-order valence-corrected chi connectivity index (χ2v) is 2.88. The third kappa shape index (κ3) is 1.66. The average molecular weight is 198 g/mol. The number of aromatic nitrogens is 1.